The minimum Gasteiger partial charge on any atom is -0.207 e. The van der Waals surface area contributed by atoms with Gasteiger partial charge in [-0.25, -0.2) is 8.78 Å². The summed E-state index contributed by atoms with van der Waals surface area (Å²) in [5, 5.41) is 0.129. The molecule has 0 atom stereocenters. The molecular weight excluding hydrogens is 470 g/mol. The molecule has 3 heteroatoms. The predicted molar refractivity (Wildman–Crippen MR) is 149 cm³/mol. The van der Waals surface area contributed by atoms with Gasteiger partial charge < -0.3 is 0 Å². The molecule has 2 fully saturated rings. The Morgan fingerprint density at radius 2 is 1.33 bits per heavy atom. The van der Waals surface area contributed by atoms with E-state index in [1.807, 2.05) is 12.1 Å². The second-order valence-electron chi connectivity index (χ2n) is 11.8. The van der Waals surface area contributed by atoms with Gasteiger partial charge in [-0.05, 0) is 97.1 Å². The average Bonchev–Trinajstić information content (AvgIpc) is 2.90. The van der Waals surface area contributed by atoms with Crippen molar-refractivity contribution in [2.24, 2.45) is 17.8 Å². The summed E-state index contributed by atoms with van der Waals surface area (Å²) < 4.78 is 28.5. The van der Waals surface area contributed by atoms with Crippen LogP contribution in [-0.2, 0) is 12.8 Å². The molecule has 0 aromatic heterocycles. The van der Waals surface area contributed by atoms with Crippen LogP contribution < -0.4 is 0 Å². The number of aryl methyl sites for hydroxylation is 2. The minimum atomic E-state index is -0.411. The van der Waals surface area contributed by atoms with Crippen molar-refractivity contribution in [3.05, 3.63) is 69.7 Å². The zero-order valence-corrected chi connectivity index (χ0v) is 23.0. The van der Waals surface area contributed by atoms with Crippen LogP contribution in [0.2, 0.25) is 5.02 Å². The van der Waals surface area contributed by atoms with E-state index in [1.165, 1.54) is 96.0 Å². The molecule has 0 spiro atoms. The molecule has 2 saturated carbocycles. The number of hydrogen-bond donors (Lipinski definition) is 0. The van der Waals surface area contributed by atoms with Crippen molar-refractivity contribution in [1.82, 2.24) is 0 Å². The summed E-state index contributed by atoms with van der Waals surface area (Å²) in [6.45, 7) is 2.30. The molecule has 36 heavy (non-hydrogen) atoms. The van der Waals surface area contributed by atoms with Crippen molar-refractivity contribution in [1.29, 1.82) is 0 Å². The van der Waals surface area contributed by atoms with Crippen LogP contribution in [0.4, 0.5) is 8.78 Å². The lowest BCUT2D eigenvalue weighted by atomic mass is 9.74. The second-order valence-corrected chi connectivity index (χ2v) is 12.2. The number of halogens is 3. The quantitative estimate of drug-likeness (QED) is 0.261. The van der Waals surface area contributed by atoms with Crippen molar-refractivity contribution >= 4 is 11.6 Å². The van der Waals surface area contributed by atoms with Crippen LogP contribution in [0.5, 0.6) is 0 Å². The molecule has 0 saturated heterocycles. The molecule has 2 aromatic carbocycles. The summed E-state index contributed by atoms with van der Waals surface area (Å²) in [6.07, 6.45) is 20.5. The minimum absolute atomic E-state index is 0.116. The lowest BCUT2D eigenvalue weighted by Crippen LogP contribution is -2.18. The van der Waals surface area contributed by atoms with E-state index in [0.717, 1.165) is 28.9 Å². The van der Waals surface area contributed by atoms with Gasteiger partial charge in [-0.2, -0.15) is 0 Å². The Bertz CT molecular complexity index is 939. The van der Waals surface area contributed by atoms with Gasteiger partial charge in [0.25, 0.3) is 0 Å². The largest absolute Gasteiger partial charge is 0.207 e. The number of hydrogen-bond acceptors (Lipinski definition) is 0. The van der Waals surface area contributed by atoms with E-state index in [1.54, 1.807) is 12.1 Å². The molecule has 198 valence electrons. The molecule has 0 unspecified atom stereocenters. The van der Waals surface area contributed by atoms with Gasteiger partial charge in [0.15, 0.2) is 0 Å². The molecule has 2 aromatic rings. The highest BCUT2D eigenvalue weighted by atomic mass is 35.5. The van der Waals surface area contributed by atoms with Gasteiger partial charge in [-0.3, -0.25) is 0 Å². The van der Waals surface area contributed by atoms with E-state index in [-0.39, 0.29) is 10.8 Å². The number of rotatable bonds is 11. The molecule has 0 N–H and O–H groups in total. The van der Waals surface area contributed by atoms with Crippen LogP contribution >= 0.6 is 11.6 Å². The van der Waals surface area contributed by atoms with Gasteiger partial charge in [-0.1, -0.05) is 101 Å². The summed E-state index contributed by atoms with van der Waals surface area (Å²) >= 11 is 5.76. The molecule has 0 aliphatic heterocycles. The van der Waals surface area contributed by atoms with Crippen LogP contribution in [0.3, 0.4) is 0 Å². The second kappa shape index (κ2) is 13.9. The Morgan fingerprint density at radius 1 is 0.694 bits per heavy atom. The molecular formula is C33H45ClF2. The maximum atomic E-state index is 14.9. The van der Waals surface area contributed by atoms with Gasteiger partial charge in [0.05, 0.1) is 5.02 Å². The topological polar surface area (TPSA) is 0 Å². The van der Waals surface area contributed by atoms with E-state index in [4.69, 9.17) is 11.6 Å². The first-order valence-corrected chi connectivity index (χ1v) is 15.1. The van der Waals surface area contributed by atoms with Crippen LogP contribution in [0.25, 0.3) is 0 Å². The lowest BCUT2D eigenvalue weighted by Gasteiger charge is -2.32. The maximum absolute atomic E-state index is 14.9. The SMILES string of the molecule is CCCCCC1CCC(CCC2CCC(c3ccc(CCc4ccc(Cl)c(F)c4)c(F)c3)CC2)CC1. The Balaban J connectivity index is 1.17. The van der Waals surface area contributed by atoms with E-state index in [9.17, 15) is 8.78 Å². The van der Waals surface area contributed by atoms with Crippen molar-refractivity contribution in [2.45, 2.75) is 116 Å². The Kier molecular flexibility index (Phi) is 10.7. The Morgan fingerprint density at radius 3 is 1.94 bits per heavy atom. The maximum Gasteiger partial charge on any atom is 0.142 e. The fourth-order valence-corrected chi connectivity index (χ4v) is 6.86. The van der Waals surface area contributed by atoms with Gasteiger partial charge in [0.2, 0.25) is 0 Å². The summed E-state index contributed by atoms with van der Waals surface area (Å²) in [5.41, 5.74) is 2.72. The predicted octanol–water partition coefficient (Wildman–Crippen LogP) is 10.8. The van der Waals surface area contributed by atoms with Crippen molar-refractivity contribution in [3.63, 3.8) is 0 Å². The van der Waals surface area contributed by atoms with E-state index < -0.39 is 5.82 Å². The monoisotopic (exact) mass is 514 g/mol. The van der Waals surface area contributed by atoms with Crippen LogP contribution in [-0.4, -0.2) is 0 Å². The van der Waals surface area contributed by atoms with Gasteiger partial charge in [0, 0.05) is 0 Å². The highest BCUT2D eigenvalue weighted by Crippen LogP contribution is 2.40. The van der Waals surface area contributed by atoms with Crippen LogP contribution in [0.15, 0.2) is 36.4 Å². The van der Waals surface area contributed by atoms with Crippen molar-refractivity contribution in [2.75, 3.05) is 0 Å². The zero-order valence-electron chi connectivity index (χ0n) is 22.2. The molecule has 0 heterocycles. The molecule has 4 rings (SSSR count). The van der Waals surface area contributed by atoms with E-state index >= 15 is 0 Å². The summed E-state index contributed by atoms with van der Waals surface area (Å²) in [4.78, 5) is 0. The third kappa shape index (κ3) is 8.04. The summed E-state index contributed by atoms with van der Waals surface area (Å²) in [5.74, 6) is 2.81. The van der Waals surface area contributed by atoms with Crippen LogP contribution in [0.1, 0.15) is 119 Å². The summed E-state index contributed by atoms with van der Waals surface area (Å²) in [7, 11) is 0. The fraction of sp³-hybridized carbons (Fsp3) is 0.636. The van der Waals surface area contributed by atoms with Gasteiger partial charge >= 0.3 is 0 Å². The molecule has 0 radical (unpaired) electrons. The molecule has 0 nitrogen and oxygen atoms in total. The normalized spacial score (nSPS) is 24.7. The standard InChI is InChI=1S/C33H45ClF2/c1-2-3-4-5-24-6-8-25(9-7-24)10-11-26-12-16-28(17-13-26)30-20-19-29(32(35)23-30)18-14-27-15-21-31(34)33(36)22-27/h15,19-26,28H,2-14,16-18H2,1H3. The third-order valence-electron chi connectivity index (χ3n) is 9.23. The number of benzene rings is 2. The molecule has 2 aliphatic carbocycles. The first-order chi connectivity index (χ1) is 17.5. The van der Waals surface area contributed by atoms with Gasteiger partial charge in [0.1, 0.15) is 11.6 Å². The first kappa shape index (κ1) is 27.6. The van der Waals surface area contributed by atoms with E-state index in [0.29, 0.717) is 24.3 Å². The third-order valence-corrected chi connectivity index (χ3v) is 9.53. The van der Waals surface area contributed by atoms with Crippen molar-refractivity contribution in [3.8, 4) is 0 Å². The Labute approximate surface area is 223 Å². The average molecular weight is 515 g/mol. The van der Waals surface area contributed by atoms with E-state index in [2.05, 4.69) is 13.0 Å². The Hall–Kier alpha value is -1.41. The first-order valence-electron chi connectivity index (χ1n) is 14.7. The lowest BCUT2D eigenvalue weighted by molar-refractivity contribution is 0.222. The summed E-state index contributed by atoms with van der Waals surface area (Å²) in [6, 6.07) is 10.7. The molecule has 0 bridgehead atoms. The van der Waals surface area contributed by atoms with Crippen molar-refractivity contribution < 1.29 is 8.78 Å². The van der Waals surface area contributed by atoms with Gasteiger partial charge in [-0.15, -0.1) is 0 Å². The fourth-order valence-electron chi connectivity index (χ4n) is 6.74. The highest BCUT2D eigenvalue weighted by Gasteiger charge is 2.25. The smallest absolute Gasteiger partial charge is 0.142 e. The highest BCUT2D eigenvalue weighted by molar-refractivity contribution is 6.30. The molecule has 2 aliphatic rings. The number of unbranched alkanes of at least 4 members (excludes halogenated alkanes) is 2. The molecule has 0 amide bonds. The zero-order chi connectivity index (χ0) is 25.3. The van der Waals surface area contributed by atoms with Crippen LogP contribution in [0, 0.1) is 29.4 Å².